The third-order valence-electron chi connectivity index (χ3n) is 5.17. The van der Waals surface area contributed by atoms with Crippen LogP contribution in [0, 0.1) is 0 Å². The van der Waals surface area contributed by atoms with Crippen LogP contribution in [0.25, 0.3) is 0 Å². The molecule has 2 aliphatic rings. The molecule has 4 rings (SSSR count). The number of nitrogens with zero attached hydrogens (tertiary/aromatic N) is 2. The maximum atomic E-state index is 12.2. The number of carbonyl (C=O) groups is 1. The summed E-state index contributed by atoms with van der Waals surface area (Å²) >= 11 is 0. The number of benzene rings is 2. The van der Waals surface area contributed by atoms with Crippen LogP contribution in [-0.4, -0.2) is 59.6 Å². The SMILES string of the molecule is Cl.O=C1O[C@@H](CN2CCC(Oc3ccc(O)cc3)CC2)CN1c1ccc(O)cc1. The van der Waals surface area contributed by atoms with Crippen molar-refractivity contribution in [2.75, 3.05) is 31.1 Å². The van der Waals surface area contributed by atoms with Crippen molar-refractivity contribution in [1.82, 2.24) is 4.90 Å². The van der Waals surface area contributed by atoms with Gasteiger partial charge in [-0.2, -0.15) is 0 Å². The largest absolute Gasteiger partial charge is 0.508 e. The van der Waals surface area contributed by atoms with E-state index in [0.717, 1.165) is 37.4 Å². The van der Waals surface area contributed by atoms with Crippen molar-refractivity contribution in [3.8, 4) is 17.2 Å². The minimum absolute atomic E-state index is 0. The van der Waals surface area contributed by atoms with E-state index in [4.69, 9.17) is 9.47 Å². The van der Waals surface area contributed by atoms with Gasteiger partial charge in [0, 0.05) is 25.3 Å². The molecule has 2 N–H and O–H groups in total. The molecule has 2 heterocycles. The van der Waals surface area contributed by atoms with Crippen LogP contribution in [0.1, 0.15) is 12.8 Å². The van der Waals surface area contributed by atoms with Crippen molar-refractivity contribution in [3.63, 3.8) is 0 Å². The number of cyclic esters (lactones) is 1. The fraction of sp³-hybridized carbons (Fsp3) is 0.381. The van der Waals surface area contributed by atoms with Crippen LogP contribution in [0.15, 0.2) is 48.5 Å². The monoisotopic (exact) mass is 420 g/mol. The lowest BCUT2D eigenvalue weighted by molar-refractivity contribution is 0.0655. The Labute approximate surface area is 175 Å². The standard InChI is InChI=1S/C21H24N2O5.ClH/c24-16-3-1-15(2-4-16)23-14-20(28-21(23)26)13-22-11-9-19(10-12-22)27-18-7-5-17(25)6-8-18;/h1-8,19-20,24-25H,9-14H2;1H/t20-;/m0./s1. The highest BCUT2D eigenvalue weighted by molar-refractivity contribution is 5.89. The minimum atomic E-state index is -0.346. The molecule has 2 fully saturated rings. The van der Waals surface area contributed by atoms with Gasteiger partial charge in [-0.25, -0.2) is 4.79 Å². The van der Waals surface area contributed by atoms with E-state index in [2.05, 4.69) is 4.90 Å². The molecular formula is C21H25ClN2O5. The normalized spacial score (nSPS) is 20.2. The number of phenolic OH excluding ortho intramolecular Hbond substituents is 2. The van der Waals surface area contributed by atoms with Gasteiger partial charge >= 0.3 is 6.09 Å². The average Bonchev–Trinajstić information content (AvgIpc) is 3.06. The van der Waals surface area contributed by atoms with E-state index in [9.17, 15) is 15.0 Å². The van der Waals surface area contributed by atoms with Crippen molar-refractivity contribution in [3.05, 3.63) is 48.5 Å². The van der Waals surface area contributed by atoms with Crippen LogP contribution >= 0.6 is 12.4 Å². The summed E-state index contributed by atoms with van der Waals surface area (Å²) in [6.45, 7) is 2.98. The molecule has 29 heavy (non-hydrogen) atoms. The second kappa shape index (κ2) is 9.24. The molecule has 0 unspecified atom stereocenters. The lowest BCUT2D eigenvalue weighted by atomic mass is 10.1. The number of aromatic hydroxyl groups is 2. The molecule has 2 aliphatic heterocycles. The molecule has 0 saturated carbocycles. The Morgan fingerprint density at radius 1 is 0.966 bits per heavy atom. The third kappa shape index (κ3) is 5.25. The Morgan fingerprint density at radius 2 is 1.55 bits per heavy atom. The summed E-state index contributed by atoms with van der Waals surface area (Å²) in [7, 11) is 0. The number of amides is 1. The Hall–Kier alpha value is -2.64. The summed E-state index contributed by atoms with van der Waals surface area (Å²) in [5.74, 6) is 1.17. The molecule has 0 aliphatic carbocycles. The number of carbonyl (C=O) groups excluding carboxylic acids is 1. The number of anilines is 1. The zero-order valence-electron chi connectivity index (χ0n) is 15.9. The molecule has 156 valence electrons. The van der Waals surface area contributed by atoms with E-state index < -0.39 is 0 Å². The molecule has 0 bridgehead atoms. The van der Waals surface area contributed by atoms with E-state index in [-0.39, 0.29) is 42.2 Å². The molecule has 2 aromatic rings. The van der Waals surface area contributed by atoms with Crippen LogP contribution in [-0.2, 0) is 4.74 Å². The molecule has 0 aromatic heterocycles. The Kier molecular flexibility index (Phi) is 6.71. The number of piperidine rings is 1. The van der Waals surface area contributed by atoms with Crippen molar-refractivity contribution >= 4 is 24.2 Å². The van der Waals surface area contributed by atoms with Gasteiger partial charge in [0.2, 0.25) is 0 Å². The lowest BCUT2D eigenvalue weighted by Crippen LogP contribution is -2.42. The molecule has 1 amide bonds. The second-order valence-corrected chi connectivity index (χ2v) is 7.24. The number of phenols is 2. The summed E-state index contributed by atoms with van der Waals surface area (Å²) in [6.07, 6.45) is 1.45. The number of rotatable bonds is 5. The van der Waals surface area contributed by atoms with Gasteiger partial charge in [0.15, 0.2) is 0 Å². The number of ether oxygens (including phenoxy) is 2. The van der Waals surface area contributed by atoms with E-state index in [0.29, 0.717) is 13.1 Å². The summed E-state index contributed by atoms with van der Waals surface area (Å²) in [4.78, 5) is 16.1. The van der Waals surface area contributed by atoms with Crippen molar-refractivity contribution in [1.29, 1.82) is 0 Å². The quantitative estimate of drug-likeness (QED) is 0.771. The van der Waals surface area contributed by atoms with Crippen LogP contribution < -0.4 is 9.64 Å². The maximum absolute atomic E-state index is 12.2. The topological polar surface area (TPSA) is 82.5 Å². The molecule has 2 aromatic carbocycles. The van der Waals surface area contributed by atoms with Gasteiger partial charge in [-0.05, 0) is 61.4 Å². The molecular weight excluding hydrogens is 396 g/mol. The first-order valence-electron chi connectivity index (χ1n) is 9.52. The number of likely N-dealkylation sites (tertiary alicyclic amines) is 1. The van der Waals surface area contributed by atoms with Crippen LogP contribution in [0.3, 0.4) is 0 Å². The molecule has 7 nitrogen and oxygen atoms in total. The van der Waals surface area contributed by atoms with Gasteiger partial charge in [0.25, 0.3) is 0 Å². The van der Waals surface area contributed by atoms with Crippen molar-refractivity contribution < 1.29 is 24.5 Å². The minimum Gasteiger partial charge on any atom is -0.508 e. The van der Waals surface area contributed by atoms with E-state index in [1.54, 1.807) is 53.4 Å². The molecule has 2 saturated heterocycles. The van der Waals surface area contributed by atoms with Gasteiger partial charge in [-0.1, -0.05) is 0 Å². The van der Waals surface area contributed by atoms with Gasteiger partial charge in [-0.15, -0.1) is 12.4 Å². The highest BCUT2D eigenvalue weighted by Crippen LogP contribution is 2.25. The van der Waals surface area contributed by atoms with Crippen LogP contribution in [0.2, 0.25) is 0 Å². The first-order valence-corrected chi connectivity index (χ1v) is 9.52. The molecule has 0 spiro atoms. The number of halogens is 1. The third-order valence-corrected chi connectivity index (χ3v) is 5.17. The first kappa shape index (κ1) is 21.1. The molecule has 0 radical (unpaired) electrons. The highest BCUT2D eigenvalue weighted by atomic mass is 35.5. The summed E-state index contributed by atoms with van der Waals surface area (Å²) in [5, 5.41) is 18.7. The smallest absolute Gasteiger partial charge is 0.414 e. The Morgan fingerprint density at radius 3 is 2.17 bits per heavy atom. The fourth-order valence-corrected chi connectivity index (χ4v) is 3.67. The zero-order valence-corrected chi connectivity index (χ0v) is 16.8. The highest BCUT2D eigenvalue weighted by Gasteiger charge is 2.34. The van der Waals surface area contributed by atoms with Crippen molar-refractivity contribution in [2.45, 2.75) is 25.0 Å². The van der Waals surface area contributed by atoms with Gasteiger partial charge in [-0.3, -0.25) is 9.80 Å². The lowest BCUT2D eigenvalue weighted by Gasteiger charge is -2.33. The van der Waals surface area contributed by atoms with Crippen LogP contribution in [0.4, 0.5) is 10.5 Å². The van der Waals surface area contributed by atoms with E-state index in [1.165, 1.54) is 0 Å². The van der Waals surface area contributed by atoms with Gasteiger partial charge in [0.05, 0.1) is 6.54 Å². The van der Waals surface area contributed by atoms with Crippen molar-refractivity contribution in [2.24, 2.45) is 0 Å². The Bertz CT molecular complexity index is 807. The van der Waals surface area contributed by atoms with E-state index in [1.807, 2.05) is 0 Å². The number of hydrogen-bond donors (Lipinski definition) is 2. The first-order chi connectivity index (χ1) is 13.6. The Balaban J connectivity index is 0.00000240. The maximum Gasteiger partial charge on any atom is 0.414 e. The summed E-state index contributed by atoms with van der Waals surface area (Å²) in [5.41, 5.74) is 0.728. The zero-order chi connectivity index (χ0) is 19.5. The summed E-state index contributed by atoms with van der Waals surface area (Å²) < 4.78 is 11.5. The van der Waals surface area contributed by atoms with Crippen LogP contribution in [0.5, 0.6) is 17.2 Å². The average molecular weight is 421 g/mol. The predicted molar refractivity (Wildman–Crippen MR) is 111 cm³/mol. The van der Waals surface area contributed by atoms with Gasteiger partial charge in [0.1, 0.15) is 29.5 Å². The fourth-order valence-electron chi connectivity index (χ4n) is 3.67. The predicted octanol–water partition coefficient (Wildman–Crippen LogP) is 3.39. The second-order valence-electron chi connectivity index (χ2n) is 7.24. The van der Waals surface area contributed by atoms with E-state index >= 15 is 0 Å². The summed E-state index contributed by atoms with van der Waals surface area (Å²) in [6, 6.07) is 13.4. The number of hydrogen-bond acceptors (Lipinski definition) is 6. The molecule has 8 heteroatoms. The van der Waals surface area contributed by atoms with Gasteiger partial charge < -0.3 is 19.7 Å². The molecule has 1 atom stereocenters.